The molecule has 0 aliphatic carbocycles. The molecule has 2 aromatic heterocycles. The van der Waals surface area contributed by atoms with Crippen LogP contribution in [0.15, 0.2) is 27.8 Å². The van der Waals surface area contributed by atoms with Gasteiger partial charge >= 0.3 is 0 Å². The Bertz CT molecular complexity index is 368. The fourth-order valence-electron chi connectivity index (χ4n) is 0.869. The van der Waals surface area contributed by atoms with Crippen LogP contribution in [0.25, 0.3) is 0 Å². The fourth-order valence-corrected chi connectivity index (χ4v) is 2.64. The van der Waals surface area contributed by atoms with Gasteiger partial charge in [0.1, 0.15) is 5.00 Å². The predicted molar refractivity (Wildman–Crippen MR) is 53.9 cm³/mol. The summed E-state index contributed by atoms with van der Waals surface area (Å²) in [6, 6.07) is 0. The lowest BCUT2D eigenvalue weighted by molar-refractivity contribution is 0.766. The van der Waals surface area contributed by atoms with Gasteiger partial charge < -0.3 is 5.73 Å². The van der Waals surface area contributed by atoms with Gasteiger partial charge in [-0.05, 0) is 0 Å². The molecule has 2 heterocycles. The first-order valence-electron chi connectivity index (χ1n) is 3.62. The fraction of sp³-hybridized carbons (Fsp3) is 0.143. The minimum atomic E-state index is 0.742. The number of nitrogens with two attached hydrogens (primary N) is 1. The molecule has 0 amide bonds. The molecule has 68 valence electrons. The number of nitrogen functional groups attached to an aromatic ring is 1. The topological polar surface area (TPSA) is 56.7 Å². The molecule has 0 unspecified atom stereocenters. The van der Waals surface area contributed by atoms with Gasteiger partial charge in [-0.3, -0.25) is 4.68 Å². The van der Waals surface area contributed by atoms with E-state index in [0.29, 0.717) is 0 Å². The van der Waals surface area contributed by atoms with Gasteiger partial charge in [-0.2, -0.15) is 5.10 Å². The molecule has 0 spiro atoms. The second kappa shape index (κ2) is 3.39. The van der Waals surface area contributed by atoms with Crippen molar-refractivity contribution in [3.63, 3.8) is 0 Å². The second-order valence-corrected chi connectivity index (χ2v) is 4.86. The van der Waals surface area contributed by atoms with Crippen LogP contribution in [-0.4, -0.2) is 14.8 Å². The summed E-state index contributed by atoms with van der Waals surface area (Å²) in [6.45, 7) is 0. The molecule has 0 fully saturated rings. The summed E-state index contributed by atoms with van der Waals surface area (Å²) in [5, 5.41) is 4.80. The van der Waals surface area contributed by atoms with Crippen molar-refractivity contribution in [1.29, 1.82) is 0 Å². The Balaban J connectivity index is 2.14. The molecule has 6 heteroatoms. The number of hydrogen-bond acceptors (Lipinski definition) is 5. The second-order valence-electron chi connectivity index (χ2n) is 2.48. The maximum absolute atomic E-state index is 5.56. The number of anilines is 1. The maximum Gasteiger partial charge on any atom is 0.156 e. The Labute approximate surface area is 83.8 Å². The van der Waals surface area contributed by atoms with Crippen LogP contribution in [0.5, 0.6) is 0 Å². The number of aromatic nitrogens is 3. The molecule has 2 N–H and O–H groups in total. The van der Waals surface area contributed by atoms with Gasteiger partial charge in [0.15, 0.2) is 4.34 Å². The summed E-state index contributed by atoms with van der Waals surface area (Å²) in [5.41, 5.74) is 5.56. The summed E-state index contributed by atoms with van der Waals surface area (Å²) < 4.78 is 2.71. The quantitative estimate of drug-likeness (QED) is 0.821. The number of rotatable bonds is 2. The van der Waals surface area contributed by atoms with Crippen molar-refractivity contribution in [3.8, 4) is 0 Å². The van der Waals surface area contributed by atoms with E-state index in [1.165, 1.54) is 11.3 Å². The average Bonchev–Trinajstić information content (AvgIpc) is 2.62. The number of hydrogen-bond donors (Lipinski definition) is 1. The molecular weight excluding hydrogens is 204 g/mol. The first-order chi connectivity index (χ1) is 6.24. The van der Waals surface area contributed by atoms with Gasteiger partial charge in [0.05, 0.1) is 17.3 Å². The van der Waals surface area contributed by atoms with Crippen LogP contribution in [0.2, 0.25) is 0 Å². The van der Waals surface area contributed by atoms with Crippen LogP contribution in [0, 0.1) is 0 Å². The Morgan fingerprint density at radius 2 is 2.38 bits per heavy atom. The third-order valence-corrected chi connectivity index (χ3v) is 3.24. The lowest BCUT2D eigenvalue weighted by Crippen LogP contribution is -1.83. The largest absolute Gasteiger partial charge is 0.389 e. The van der Waals surface area contributed by atoms with Gasteiger partial charge in [0.2, 0.25) is 0 Å². The summed E-state index contributed by atoms with van der Waals surface area (Å²) in [6.07, 6.45) is 5.42. The van der Waals surface area contributed by atoms with Crippen LogP contribution in [-0.2, 0) is 7.05 Å². The van der Waals surface area contributed by atoms with Gasteiger partial charge in [-0.15, -0.1) is 0 Å². The summed E-state index contributed by atoms with van der Waals surface area (Å²) >= 11 is 3.06. The van der Waals surface area contributed by atoms with Crippen molar-refractivity contribution >= 4 is 28.1 Å². The van der Waals surface area contributed by atoms with E-state index in [9.17, 15) is 0 Å². The Morgan fingerprint density at radius 1 is 1.54 bits per heavy atom. The van der Waals surface area contributed by atoms with Crippen LogP contribution < -0.4 is 5.73 Å². The molecule has 0 aliphatic heterocycles. The lowest BCUT2D eigenvalue weighted by atomic mass is 10.7. The van der Waals surface area contributed by atoms with E-state index in [2.05, 4.69) is 10.1 Å². The van der Waals surface area contributed by atoms with E-state index in [1.54, 1.807) is 22.6 Å². The summed E-state index contributed by atoms with van der Waals surface area (Å²) in [5.74, 6) is 0. The van der Waals surface area contributed by atoms with Crippen molar-refractivity contribution in [2.45, 2.75) is 9.24 Å². The molecule has 4 nitrogen and oxygen atoms in total. The highest BCUT2D eigenvalue weighted by molar-refractivity contribution is 8.01. The monoisotopic (exact) mass is 212 g/mol. The van der Waals surface area contributed by atoms with Crippen molar-refractivity contribution in [1.82, 2.24) is 14.8 Å². The number of thiazole rings is 1. The molecule has 0 atom stereocenters. The molecule has 2 rings (SSSR count). The molecule has 0 aromatic carbocycles. The molecule has 0 saturated heterocycles. The van der Waals surface area contributed by atoms with Crippen LogP contribution in [0.1, 0.15) is 0 Å². The van der Waals surface area contributed by atoms with Gasteiger partial charge in [-0.1, -0.05) is 23.1 Å². The first-order valence-corrected chi connectivity index (χ1v) is 5.25. The maximum atomic E-state index is 5.56. The van der Waals surface area contributed by atoms with Crippen molar-refractivity contribution in [2.24, 2.45) is 7.05 Å². The summed E-state index contributed by atoms with van der Waals surface area (Å²) in [4.78, 5) is 5.22. The summed E-state index contributed by atoms with van der Waals surface area (Å²) in [7, 11) is 1.89. The Morgan fingerprint density at radius 3 is 2.92 bits per heavy atom. The highest BCUT2D eigenvalue weighted by Gasteiger charge is 2.03. The highest BCUT2D eigenvalue weighted by Crippen LogP contribution is 2.31. The molecule has 0 radical (unpaired) electrons. The van der Waals surface area contributed by atoms with E-state index >= 15 is 0 Å². The third kappa shape index (κ3) is 2.02. The zero-order valence-electron chi connectivity index (χ0n) is 6.97. The van der Waals surface area contributed by atoms with E-state index in [0.717, 1.165) is 14.2 Å². The molecular formula is C7H8N4S2. The Kier molecular flexibility index (Phi) is 2.24. The minimum absolute atomic E-state index is 0.742. The van der Waals surface area contributed by atoms with Gasteiger partial charge in [0.25, 0.3) is 0 Å². The zero-order valence-corrected chi connectivity index (χ0v) is 8.60. The first kappa shape index (κ1) is 8.58. The average molecular weight is 212 g/mol. The third-order valence-electron chi connectivity index (χ3n) is 1.39. The van der Waals surface area contributed by atoms with Gasteiger partial charge in [0, 0.05) is 13.2 Å². The van der Waals surface area contributed by atoms with E-state index < -0.39 is 0 Å². The van der Waals surface area contributed by atoms with E-state index in [-0.39, 0.29) is 0 Å². The van der Waals surface area contributed by atoms with Crippen LogP contribution >= 0.6 is 23.1 Å². The molecule has 0 saturated carbocycles. The molecule has 0 bridgehead atoms. The molecule has 13 heavy (non-hydrogen) atoms. The normalized spacial score (nSPS) is 10.5. The van der Waals surface area contributed by atoms with E-state index in [1.807, 2.05) is 19.4 Å². The molecule has 0 aliphatic rings. The Hall–Kier alpha value is -1.01. The van der Waals surface area contributed by atoms with Crippen molar-refractivity contribution < 1.29 is 0 Å². The van der Waals surface area contributed by atoms with Crippen LogP contribution in [0.3, 0.4) is 0 Å². The van der Waals surface area contributed by atoms with E-state index in [4.69, 9.17) is 5.73 Å². The smallest absolute Gasteiger partial charge is 0.156 e. The molecule has 2 aromatic rings. The number of aryl methyl sites for hydroxylation is 1. The zero-order chi connectivity index (χ0) is 9.26. The van der Waals surface area contributed by atoms with Crippen molar-refractivity contribution in [2.75, 3.05) is 5.73 Å². The van der Waals surface area contributed by atoms with Gasteiger partial charge in [-0.25, -0.2) is 4.98 Å². The lowest BCUT2D eigenvalue weighted by Gasteiger charge is -1.88. The SMILES string of the molecule is Cn1cc(Sc2ncc(N)s2)cn1. The van der Waals surface area contributed by atoms with Crippen LogP contribution in [0.4, 0.5) is 5.00 Å². The standard InChI is InChI=1S/C7H8N4S2/c1-11-4-5(2-10-11)12-7-9-3-6(8)13-7/h2-4H,8H2,1H3. The minimum Gasteiger partial charge on any atom is -0.389 e. The predicted octanol–water partition coefficient (Wildman–Crippen LogP) is 1.61. The highest BCUT2D eigenvalue weighted by atomic mass is 32.2. The van der Waals surface area contributed by atoms with Crippen molar-refractivity contribution in [3.05, 3.63) is 18.6 Å². The number of nitrogens with zero attached hydrogens (tertiary/aromatic N) is 3.